The van der Waals surface area contributed by atoms with E-state index in [1.807, 2.05) is 16.8 Å². The molecular weight excluding hydrogens is 551 g/mol. The van der Waals surface area contributed by atoms with Crippen LogP contribution in [0.25, 0.3) is 10.8 Å². The monoisotopic (exact) mass is 583 g/mol. The highest BCUT2D eigenvalue weighted by atomic mass is 32.2. The predicted octanol–water partition coefficient (Wildman–Crippen LogP) is 7.48. The zero-order chi connectivity index (χ0) is 27.9. The van der Waals surface area contributed by atoms with Gasteiger partial charge in [0.15, 0.2) is 6.04 Å². The van der Waals surface area contributed by atoms with Gasteiger partial charge in [0, 0.05) is 25.1 Å². The number of esters is 1. The lowest BCUT2D eigenvalue weighted by molar-refractivity contribution is -0.146. The SMILES string of the molecule is C[Si](C)(C)CCOC(=O)C1C(C#Cc2ccsc2)Sc2c(C3CC3)c(Cc3cccc4ccccc34)cc(=O)n21. The van der Waals surface area contributed by atoms with E-state index in [1.165, 1.54) is 21.9 Å². The van der Waals surface area contributed by atoms with Crippen molar-refractivity contribution in [3.8, 4) is 11.8 Å². The molecule has 40 heavy (non-hydrogen) atoms. The summed E-state index contributed by atoms with van der Waals surface area (Å²) in [5.74, 6) is 6.65. The molecule has 0 N–H and O–H groups in total. The third-order valence-corrected chi connectivity index (χ3v) is 11.3. The zero-order valence-electron chi connectivity index (χ0n) is 23.1. The van der Waals surface area contributed by atoms with Gasteiger partial charge in [-0.2, -0.15) is 11.3 Å². The van der Waals surface area contributed by atoms with Crippen molar-refractivity contribution >= 4 is 47.9 Å². The van der Waals surface area contributed by atoms with Gasteiger partial charge in [0.25, 0.3) is 5.56 Å². The number of aromatic nitrogens is 1. The van der Waals surface area contributed by atoms with Crippen molar-refractivity contribution in [2.45, 2.75) is 67.2 Å². The summed E-state index contributed by atoms with van der Waals surface area (Å²) in [4.78, 5) is 27.4. The minimum Gasteiger partial charge on any atom is -0.464 e. The van der Waals surface area contributed by atoms with Crippen molar-refractivity contribution in [3.63, 3.8) is 0 Å². The minimum atomic E-state index is -1.37. The van der Waals surface area contributed by atoms with Crippen LogP contribution in [0.3, 0.4) is 0 Å². The molecule has 4 aromatic rings. The van der Waals surface area contributed by atoms with Gasteiger partial charge in [-0.3, -0.25) is 9.36 Å². The fraction of sp³-hybridized carbons (Fsp3) is 0.333. The maximum atomic E-state index is 13.8. The topological polar surface area (TPSA) is 48.3 Å². The fourth-order valence-electron chi connectivity index (χ4n) is 5.34. The molecule has 204 valence electrons. The van der Waals surface area contributed by atoms with Crippen molar-refractivity contribution in [3.05, 3.63) is 98.0 Å². The summed E-state index contributed by atoms with van der Waals surface area (Å²) < 4.78 is 7.53. The van der Waals surface area contributed by atoms with E-state index < -0.39 is 14.1 Å². The van der Waals surface area contributed by atoms with Crippen molar-refractivity contribution in [1.82, 2.24) is 4.57 Å². The quantitative estimate of drug-likeness (QED) is 0.129. The number of thioether (sulfide) groups is 1. The van der Waals surface area contributed by atoms with Gasteiger partial charge in [-0.05, 0) is 70.1 Å². The Morgan fingerprint density at radius 3 is 2.62 bits per heavy atom. The molecule has 6 rings (SSSR count). The van der Waals surface area contributed by atoms with Crippen LogP contribution in [-0.4, -0.2) is 30.5 Å². The van der Waals surface area contributed by atoms with Crippen LogP contribution >= 0.6 is 23.1 Å². The van der Waals surface area contributed by atoms with Crippen LogP contribution in [0.5, 0.6) is 0 Å². The summed E-state index contributed by atoms with van der Waals surface area (Å²) in [5, 5.41) is 6.94. The Labute approximate surface area is 244 Å². The van der Waals surface area contributed by atoms with Crippen LogP contribution in [0, 0.1) is 11.8 Å². The first-order valence-electron chi connectivity index (χ1n) is 13.9. The van der Waals surface area contributed by atoms with Crippen molar-refractivity contribution in [2.24, 2.45) is 0 Å². The van der Waals surface area contributed by atoms with Crippen LogP contribution in [0.15, 0.2) is 75.2 Å². The number of ether oxygens (including phenoxy) is 1. The molecular formula is C33H33NO3S2Si. The molecule has 0 radical (unpaired) electrons. The van der Waals surface area contributed by atoms with Gasteiger partial charge in [0.05, 0.1) is 11.6 Å². The van der Waals surface area contributed by atoms with E-state index >= 15 is 0 Å². The van der Waals surface area contributed by atoms with Gasteiger partial charge in [-0.15, -0.1) is 0 Å². The van der Waals surface area contributed by atoms with Crippen molar-refractivity contribution in [2.75, 3.05) is 6.61 Å². The van der Waals surface area contributed by atoms with E-state index in [1.54, 1.807) is 33.7 Å². The number of nitrogens with zero attached hydrogens (tertiary/aromatic N) is 1. The number of hydrogen-bond acceptors (Lipinski definition) is 5. The molecule has 2 aliphatic rings. The molecule has 4 nitrogen and oxygen atoms in total. The number of thiophene rings is 1. The Hall–Kier alpha value is -3.05. The lowest BCUT2D eigenvalue weighted by Crippen LogP contribution is -2.34. The van der Waals surface area contributed by atoms with Gasteiger partial charge >= 0.3 is 5.97 Å². The van der Waals surface area contributed by atoms with Gasteiger partial charge in [-0.25, -0.2) is 4.79 Å². The number of pyridine rings is 1. The molecule has 0 amide bonds. The van der Waals surface area contributed by atoms with Crippen molar-refractivity contribution < 1.29 is 9.53 Å². The smallest absolute Gasteiger partial charge is 0.331 e. The van der Waals surface area contributed by atoms with Crippen LogP contribution in [0.2, 0.25) is 25.7 Å². The van der Waals surface area contributed by atoms with Gasteiger partial charge < -0.3 is 4.74 Å². The molecule has 0 bridgehead atoms. The Morgan fingerprint density at radius 2 is 1.88 bits per heavy atom. The Morgan fingerprint density at radius 1 is 1.07 bits per heavy atom. The van der Waals surface area contributed by atoms with Gasteiger partial charge in [0.1, 0.15) is 5.25 Å². The second-order valence-electron chi connectivity index (χ2n) is 11.9. The number of carbonyl (C=O) groups excluding carboxylic acids is 1. The molecule has 1 aliphatic carbocycles. The normalized spacial score (nSPS) is 18.3. The summed E-state index contributed by atoms with van der Waals surface area (Å²) in [7, 11) is -1.37. The summed E-state index contributed by atoms with van der Waals surface area (Å²) in [6, 6.07) is 18.7. The standard InChI is InChI=1S/C33H33NO3S2Si/c1-40(2,3)18-16-37-33(36)31-28(14-11-22-15-17-38-21-22)39-32-30(24-12-13-24)26(20-29(35)34(31)32)19-25-9-6-8-23-7-4-5-10-27(23)25/h4-10,15,17,20-21,24,28,31H,12-13,16,18-19H2,1-3H3. The molecule has 2 atom stereocenters. The molecule has 3 heterocycles. The van der Waals surface area contributed by atoms with Crippen LogP contribution in [0.1, 0.15) is 47.1 Å². The van der Waals surface area contributed by atoms with Gasteiger partial charge in [0.2, 0.25) is 0 Å². The van der Waals surface area contributed by atoms with E-state index in [4.69, 9.17) is 4.74 Å². The van der Waals surface area contributed by atoms with E-state index in [0.29, 0.717) is 18.9 Å². The third kappa shape index (κ3) is 5.71. The maximum absolute atomic E-state index is 13.8. The molecule has 0 saturated heterocycles. The summed E-state index contributed by atoms with van der Waals surface area (Å²) in [5.41, 5.74) is 4.29. The first-order valence-corrected chi connectivity index (χ1v) is 19.4. The van der Waals surface area contributed by atoms with E-state index in [2.05, 4.69) is 73.9 Å². The van der Waals surface area contributed by atoms with Crippen LogP contribution in [0.4, 0.5) is 0 Å². The lowest BCUT2D eigenvalue weighted by atomic mass is 9.95. The average Bonchev–Trinajstić information content (AvgIpc) is 3.46. The molecule has 1 fully saturated rings. The molecule has 1 saturated carbocycles. The number of rotatable bonds is 7. The lowest BCUT2D eigenvalue weighted by Gasteiger charge is -2.20. The molecule has 2 unspecified atom stereocenters. The highest BCUT2D eigenvalue weighted by Gasteiger charge is 2.43. The first kappa shape index (κ1) is 27.1. The highest BCUT2D eigenvalue weighted by molar-refractivity contribution is 8.00. The second-order valence-corrected chi connectivity index (χ2v) is 19.5. The van der Waals surface area contributed by atoms with E-state index in [0.717, 1.165) is 35.0 Å². The summed E-state index contributed by atoms with van der Waals surface area (Å²) >= 11 is 3.17. The number of fused-ring (bicyclic) bond motifs is 2. The second kappa shape index (κ2) is 11.1. The summed E-state index contributed by atoms with van der Waals surface area (Å²) in [6.07, 6.45) is 2.89. The number of hydrogen-bond donors (Lipinski definition) is 0. The fourth-order valence-corrected chi connectivity index (χ4v) is 8.11. The highest BCUT2D eigenvalue weighted by Crippen LogP contribution is 2.51. The molecule has 1 aliphatic heterocycles. The minimum absolute atomic E-state index is 0.144. The summed E-state index contributed by atoms with van der Waals surface area (Å²) in [6.45, 7) is 7.18. The predicted molar refractivity (Wildman–Crippen MR) is 168 cm³/mol. The zero-order valence-corrected chi connectivity index (χ0v) is 25.7. The van der Waals surface area contributed by atoms with Crippen molar-refractivity contribution in [1.29, 1.82) is 0 Å². The molecule has 7 heteroatoms. The Kier molecular flexibility index (Phi) is 7.52. The molecule has 0 spiro atoms. The van der Waals surface area contributed by atoms with Gasteiger partial charge in [-0.1, -0.05) is 85.7 Å². The van der Waals surface area contributed by atoms with E-state index in [-0.39, 0.29) is 16.8 Å². The maximum Gasteiger partial charge on any atom is 0.331 e. The van der Waals surface area contributed by atoms with E-state index in [9.17, 15) is 9.59 Å². The number of benzene rings is 2. The molecule has 2 aromatic heterocycles. The Bertz CT molecular complexity index is 1680. The number of carbonyl (C=O) groups is 1. The molecule has 2 aromatic carbocycles. The Balaban J connectivity index is 1.41. The average molecular weight is 584 g/mol. The largest absolute Gasteiger partial charge is 0.464 e. The third-order valence-electron chi connectivity index (χ3n) is 7.60. The first-order chi connectivity index (χ1) is 19.3. The van der Waals surface area contributed by atoms with Crippen LogP contribution in [-0.2, 0) is 16.0 Å². The van der Waals surface area contributed by atoms with Crippen LogP contribution < -0.4 is 5.56 Å².